The van der Waals surface area contributed by atoms with Crippen LogP contribution in [-0.4, -0.2) is 27.7 Å². The van der Waals surface area contributed by atoms with Gasteiger partial charge in [0, 0.05) is 12.6 Å². The van der Waals surface area contributed by atoms with Crippen LogP contribution in [0.4, 0.5) is 5.95 Å². The van der Waals surface area contributed by atoms with Crippen molar-refractivity contribution < 1.29 is 9.67 Å². The molecule has 0 amide bonds. The van der Waals surface area contributed by atoms with Crippen molar-refractivity contribution >= 4 is 28.9 Å². The minimum atomic E-state index is -0.180. The van der Waals surface area contributed by atoms with Gasteiger partial charge in [-0.1, -0.05) is 41.9 Å². The van der Waals surface area contributed by atoms with Crippen LogP contribution in [0.15, 0.2) is 41.3 Å². The van der Waals surface area contributed by atoms with Crippen molar-refractivity contribution in [3.05, 3.63) is 56.2 Å². The fourth-order valence-electron chi connectivity index (χ4n) is 3.96. The van der Waals surface area contributed by atoms with E-state index in [1.54, 1.807) is 6.20 Å². The van der Waals surface area contributed by atoms with Crippen LogP contribution in [0, 0.1) is 0 Å². The smallest absolute Gasteiger partial charge is 0.366 e. The molecule has 1 N–H and O–H groups in total. The Morgan fingerprint density at radius 3 is 2.81 bits per heavy atom. The number of aromatic nitrogens is 3. The first-order valence-corrected chi connectivity index (χ1v) is 9.67. The van der Waals surface area contributed by atoms with Crippen molar-refractivity contribution in [1.82, 2.24) is 9.55 Å². The molecule has 2 aromatic heterocycles. The number of hydrogen-bond acceptors (Lipinski definition) is 5. The molecule has 1 unspecified atom stereocenters. The molecular weight excluding hydrogens is 372 g/mol. The van der Waals surface area contributed by atoms with Gasteiger partial charge in [0.2, 0.25) is 0 Å². The van der Waals surface area contributed by atoms with Gasteiger partial charge in [-0.25, -0.2) is 9.78 Å². The first-order chi connectivity index (χ1) is 12.6. The Hall–Kier alpha value is -2.38. The first kappa shape index (κ1) is 15.8. The lowest BCUT2D eigenvalue weighted by atomic mass is 10.1. The summed E-state index contributed by atoms with van der Waals surface area (Å²) in [7, 11) is 0. The van der Waals surface area contributed by atoms with E-state index in [2.05, 4.69) is 9.88 Å². The fraction of sp³-hybridized carbons (Fsp3) is 0.278. The summed E-state index contributed by atoms with van der Waals surface area (Å²) >= 11 is 7.44. The SMILES string of the molecule is O=c1c(-c2ccccc2)c(O)[n+]2c3n1C(c1cnc(Cl)s1)CCN3CC2. The van der Waals surface area contributed by atoms with E-state index < -0.39 is 0 Å². The molecule has 0 spiro atoms. The van der Waals surface area contributed by atoms with Crippen LogP contribution in [0.25, 0.3) is 11.1 Å². The molecule has 5 rings (SSSR count). The van der Waals surface area contributed by atoms with Gasteiger partial charge in [0.25, 0.3) is 5.88 Å². The maximum Gasteiger partial charge on any atom is 0.366 e. The predicted octanol–water partition coefficient (Wildman–Crippen LogP) is 2.43. The lowest BCUT2D eigenvalue weighted by Gasteiger charge is -2.26. The van der Waals surface area contributed by atoms with Crippen molar-refractivity contribution in [3.63, 3.8) is 0 Å². The second-order valence-corrected chi connectivity index (χ2v) is 8.14. The summed E-state index contributed by atoms with van der Waals surface area (Å²) in [5.74, 6) is 0.811. The van der Waals surface area contributed by atoms with Gasteiger partial charge in [0.05, 0.1) is 18.0 Å². The van der Waals surface area contributed by atoms with E-state index in [1.165, 1.54) is 11.3 Å². The first-order valence-electron chi connectivity index (χ1n) is 8.48. The summed E-state index contributed by atoms with van der Waals surface area (Å²) in [6, 6.07) is 9.22. The van der Waals surface area contributed by atoms with Gasteiger partial charge in [0.1, 0.15) is 18.2 Å². The third-order valence-corrected chi connectivity index (χ3v) is 6.33. The third-order valence-electron chi connectivity index (χ3n) is 5.12. The number of thiazole rings is 1. The molecule has 0 radical (unpaired) electrons. The van der Waals surface area contributed by atoms with Crippen molar-refractivity contribution in [2.45, 2.75) is 19.0 Å². The van der Waals surface area contributed by atoms with Gasteiger partial charge in [-0.05, 0) is 5.56 Å². The normalized spacial score (nSPS) is 18.2. The Kier molecular flexibility index (Phi) is 3.55. The largest absolute Gasteiger partial charge is 0.483 e. The molecule has 26 heavy (non-hydrogen) atoms. The average molecular weight is 388 g/mol. The highest BCUT2D eigenvalue weighted by Gasteiger charge is 2.43. The number of aromatic hydroxyl groups is 1. The molecule has 132 valence electrons. The van der Waals surface area contributed by atoms with Gasteiger partial charge in [-0.3, -0.25) is 4.90 Å². The van der Waals surface area contributed by atoms with E-state index in [0.717, 1.165) is 35.9 Å². The molecular formula is C18H16ClN4O2S+. The topological polar surface area (TPSA) is 62.2 Å². The van der Waals surface area contributed by atoms with Crippen LogP contribution >= 0.6 is 22.9 Å². The number of benzene rings is 1. The van der Waals surface area contributed by atoms with E-state index >= 15 is 0 Å². The zero-order valence-electron chi connectivity index (χ0n) is 13.8. The summed E-state index contributed by atoms with van der Waals surface area (Å²) in [6.07, 6.45) is 2.56. The van der Waals surface area contributed by atoms with Crippen LogP contribution < -0.4 is 15.0 Å². The van der Waals surface area contributed by atoms with Gasteiger partial charge >= 0.3 is 11.5 Å². The van der Waals surface area contributed by atoms with Crippen LogP contribution in [0.5, 0.6) is 5.88 Å². The molecule has 0 fully saturated rings. The van der Waals surface area contributed by atoms with Crippen molar-refractivity contribution in [2.24, 2.45) is 0 Å². The minimum Gasteiger partial charge on any atom is -0.483 e. The molecule has 2 aliphatic heterocycles. The Morgan fingerprint density at radius 2 is 2.08 bits per heavy atom. The lowest BCUT2D eigenvalue weighted by Crippen LogP contribution is -2.46. The van der Waals surface area contributed by atoms with Gasteiger partial charge < -0.3 is 5.11 Å². The molecule has 0 aliphatic carbocycles. The number of halogens is 1. The van der Waals surface area contributed by atoms with E-state index in [-0.39, 0.29) is 17.5 Å². The zero-order valence-corrected chi connectivity index (χ0v) is 15.4. The number of anilines is 1. The number of rotatable bonds is 2. The zero-order chi connectivity index (χ0) is 17.8. The predicted molar refractivity (Wildman–Crippen MR) is 100 cm³/mol. The van der Waals surface area contributed by atoms with Gasteiger partial charge in [-0.2, -0.15) is 9.13 Å². The summed E-state index contributed by atoms with van der Waals surface area (Å²) in [5, 5.41) is 10.9. The maximum atomic E-state index is 13.5. The van der Waals surface area contributed by atoms with E-state index in [0.29, 0.717) is 16.6 Å². The maximum absolute atomic E-state index is 13.5. The highest BCUT2D eigenvalue weighted by atomic mass is 35.5. The molecule has 0 bridgehead atoms. The highest BCUT2D eigenvalue weighted by molar-refractivity contribution is 7.15. The molecule has 1 aromatic carbocycles. The van der Waals surface area contributed by atoms with Gasteiger partial charge in [-0.15, -0.1) is 11.3 Å². The van der Waals surface area contributed by atoms with E-state index in [4.69, 9.17) is 11.6 Å². The third kappa shape index (κ3) is 2.20. The molecule has 2 aliphatic rings. The lowest BCUT2D eigenvalue weighted by molar-refractivity contribution is -0.680. The molecule has 1 atom stereocenters. The number of nitrogens with zero attached hydrogens (tertiary/aromatic N) is 4. The van der Waals surface area contributed by atoms with E-state index in [9.17, 15) is 9.90 Å². The summed E-state index contributed by atoms with van der Waals surface area (Å²) in [6.45, 7) is 2.29. The van der Waals surface area contributed by atoms with Crippen LogP contribution in [0.2, 0.25) is 4.47 Å². The van der Waals surface area contributed by atoms with Crippen LogP contribution in [0.3, 0.4) is 0 Å². The average Bonchev–Trinajstić information content (AvgIpc) is 3.27. The fourth-order valence-corrected chi connectivity index (χ4v) is 5.04. The summed E-state index contributed by atoms with van der Waals surface area (Å²) in [5.41, 5.74) is 0.888. The quantitative estimate of drug-likeness (QED) is 0.686. The Bertz CT molecular complexity index is 1060. The molecule has 0 saturated carbocycles. The van der Waals surface area contributed by atoms with Crippen molar-refractivity contribution in [3.8, 4) is 17.0 Å². The minimum absolute atomic E-state index is 0.0398. The molecule has 6 nitrogen and oxygen atoms in total. The Balaban J connectivity index is 1.81. The highest BCUT2D eigenvalue weighted by Crippen LogP contribution is 2.37. The number of hydrogen-bond donors (Lipinski definition) is 1. The monoisotopic (exact) mass is 387 g/mol. The Labute approximate surface area is 158 Å². The Morgan fingerprint density at radius 1 is 1.27 bits per heavy atom. The van der Waals surface area contributed by atoms with E-state index in [1.807, 2.05) is 39.5 Å². The van der Waals surface area contributed by atoms with Crippen LogP contribution in [0.1, 0.15) is 17.3 Å². The summed E-state index contributed by atoms with van der Waals surface area (Å²) < 4.78 is 4.13. The van der Waals surface area contributed by atoms with Gasteiger partial charge in [0.15, 0.2) is 4.47 Å². The van der Waals surface area contributed by atoms with Crippen molar-refractivity contribution in [2.75, 3.05) is 18.0 Å². The summed E-state index contributed by atoms with van der Waals surface area (Å²) in [4.78, 5) is 20.7. The molecule has 8 heteroatoms. The molecule has 3 aromatic rings. The second-order valence-electron chi connectivity index (χ2n) is 6.50. The molecule has 0 saturated heterocycles. The second kappa shape index (κ2) is 5.82. The molecule has 4 heterocycles. The van der Waals surface area contributed by atoms with Crippen LogP contribution in [-0.2, 0) is 6.54 Å². The van der Waals surface area contributed by atoms with Crippen molar-refractivity contribution in [1.29, 1.82) is 0 Å². The standard InChI is InChI=1S/C18H15ClN4O2S/c19-17-20-10-13(26-17)12-6-7-21-8-9-22-15(24)14(11-4-2-1-3-5-11)16(25)23(12)18(21)22/h1-5,10,12H,6-9H2/p+1.